The number of hydrogen-bond acceptors (Lipinski definition) is 4. The molecule has 1 rings (SSSR count). The molecule has 14 heavy (non-hydrogen) atoms. The fourth-order valence-electron chi connectivity index (χ4n) is 1.26. The summed E-state index contributed by atoms with van der Waals surface area (Å²) in [7, 11) is -3.13. The summed E-state index contributed by atoms with van der Waals surface area (Å²) in [6.45, 7) is 0. The van der Waals surface area contributed by atoms with Crippen molar-refractivity contribution in [2.45, 2.75) is 18.5 Å². The van der Waals surface area contributed by atoms with Gasteiger partial charge in [-0.05, 0) is 12.8 Å². The van der Waals surface area contributed by atoms with Crippen molar-refractivity contribution in [3.63, 3.8) is 0 Å². The fourth-order valence-corrected chi connectivity index (χ4v) is 3.53. The smallest absolute Gasteiger partial charge is 0.772 e. The Morgan fingerprint density at radius 1 is 1.36 bits per heavy atom. The van der Waals surface area contributed by atoms with Crippen molar-refractivity contribution < 1.29 is 51.1 Å². The minimum Gasteiger partial charge on any atom is -0.772 e. The standard InChI is InChI=1S/C6H11FO4S2.Na/c7-6(5-12(8)9)1-3-13(10,11)4-2-6;/h1-5H2,(H,8,9);/q;+1/p-1. The van der Waals surface area contributed by atoms with Gasteiger partial charge in [-0.1, -0.05) is 11.1 Å². The zero-order valence-corrected chi connectivity index (χ0v) is 11.5. The van der Waals surface area contributed by atoms with Crippen LogP contribution in [0.5, 0.6) is 0 Å². The van der Waals surface area contributed by atoms with Crippen molar-refractivity contribution in [1.29, 1.82) is 0 Å². The summed E-state index contributed by atoms with van der Waals surface area (Å²) in [6.07, 6.45) is -0.410. The van der Waals surface area contributed by atoms with Crippen LogP contribution in [0.3, 0.4) is 0 Å². The van der Waals surface area contributed by atoms with E-state index in [0.717, 1.165) is 0 Å². The molecule has 1 atom stereocenters. The normalized spacial score (nSPS) is 26.1. The summed E-state index contributed by atoms with van der Waals surface area (Å²) in [5.74, 6) is -1.09. The fraction of sp³-hybridized carbons (Fsp3) is 1.00. The second-order valence-electron chi connectivity index (χ2n) is 3.25. The molecule has 0 saturated carbocycles. The zero-order valence-electron chi connectivity index (χ0n) is 7.86. The van der Waals surface area contributed by atoms with E-state index in [1.54, 1.807) is 0 Å². The predicted octanol–water partition coefficient (Wildman–Crippen LogP) is -3.21. The third-order valence-electron chi connectivity index (χ3n) is 2.10. The van der Waals surface area contributed by atoms with Crippen LogP contribution in [0.15, 0.2) is 0 Å². The monoisotopic (exact) mass is 252 g/mol. The SMILES string of the molecule is O=S([O-])CC1(F)CCS(=O)(=O)CC1.[Na+]. The first-order valence-corrected chi connectivity index (χ1v) is 6.85. The Hall–Kier alpha value is 0.990. The summed E-state index contributed by atoms with van der Waals surface area (Å²) < 4.78 is 55.8. The van der Waals surface area contributed by atoms with Crippen molar-refractivity contribution in [1.82, 2.24) is 0 Å². The Bertz CT molecular complexity index is 302. The molecule has 1 aliphatic rings. The molecule has 1 aliphatic heterocycles. The van der Waals surface area contributed by atoms with E-state index >= 15 is 0 Å². The van der Waals surface area contributed by atoms with Gasteiger partial charge in [0.15, 0.2) is 9.84 Å². The Balaban J connectivity index is 0.00000169. The molecule has 0 bridgehead atoms. The average molecular weight is 252 g/mol. The van der Waals surface area contributed by atoms with E-state index in [1.807, 2.05) is 0 Å². The van der Waals surface area contributed by atoms with Crippen LogP contribution in [-0.4, -0.2) is 40.1 Å². The van der Waals surface area contributed by atoms with Gasteiger partial charge in [0.2, 0.25) is 0 Å². The molecule has 1 fully saturated rings. The minimum atomic E-state index is -3.13. The van der Waals surface area contributed by atoms with Gasteiger partial charge in [-0.2, -0.15) is 0 Å². The van der Waals surface area contributed by atoms with Gasteiger partial charge >= 0.3 is 29.6 Å². The topological polar surface area (TPSA) is 74.3 Å². The van der Waals surface area contributed by atoms with Crippen LogP contribution in [-0.2, 0) is 20.9 Å². The van der Waals surface area contributed by atoms with E-state index in [0.29, 0.717) is 0 Å². The molecule has 78 valence electrons. The van der Waals surface area contributed by atoms with Gasteiger partial charge in [-0.3, -0.25) is 4.21 Å². The molecule has 0 aromatic carbocycles. The van der Waals surface area contributed by atoms with Crippen molar-refractivity contribution in [3.8, 4) is 0 Å². The van der Waals surface area contributed by atoms with Gasteiger partial charge in [-0.25, -0.2) is 12.8 Å². The van der Waals surface area contributed by atoms with Gasteiger partial charge in [-0.15, -0.1) is 0 Å². The summed E-state index contributed by atoms with van der Waals surface area (Å²) in [5, 5.41) is 0. The first kappa shape index (κ1) is 15.0. The molecular formula is C6H10FNaO4S2. The maximum absolute atomic E-state index is 13.5. The molecule has 0 aromatic heterocycles. The van der Waals surface area contributed by atoms with Crippen LogP contribution in [0.1, 0.15) is 12.8 Å². The van der Waals surface area contributed by atoms with Crippen LogP contribution in [0.25, 0.3) is 0 Å². The van der Waals surface area contributed by atoms with Crippen molar-refractivity contribution in [2.75, 3.05) is 17.3 Å². The Kier molecular flexibility index (Phi) is 5.74. The third-order valence-corrected chi connectivity index (χ3v) is 4.50. The molecule has 0 radical (unpaired) electrons. The van der Waals surface area contributed by atoms with Gasteiger partial charge < -0.3 is 4.55 Å². The molecule has 0 aliphatic carbocycles. The van der Waals surface area contributed by atoms with Crippen LogP contribution in [0.4, 0.5) is 4.39 Å². The quantitative estimate of drug-likeness (QED) is 0.383. The number of hydrogen-bond donors (Lipinski definition) is 0. The van der Waals surface area contributed by atoms with Gasteiger partial charge in [0.05, 0.1) is 11.5 Å². The van der Waals surface area contributed by atoms with E-state index in [2.05, 4.69) is 0 Å². The van der Waals surface area contributed by atoms with Crippen molar-refractivity contribution in [3.05, 3.63) is 0 Å². The molecule has 0 amide bonds. The summed E-state index contributed by atoms with van der Waals surface area (Å²) in [5.41, 5.74) is -1.84. The molecule has 0 N–H and O–H groups in total. The van der Waals surface area contributed by atoms with Crippen LogP contribution in [0, 0.1) is 0 Å². The Labute approximate surface area is 107 Å². The second kappa shape index (κ2) is 5.36. The van der Waals surface area contributed by atoms with E-state index in [1.165, 1.54) is 0 Å². The van der Waals surface area contributed by atoms with E-state index in [-0.39, 0.29) is 53.9 Å². The third kappa shape index (κ3) is 4.67. The number of alkyl halides is 1. The molecule has 1 heterocycles. The van der Waals surface area contributed by atoms with Crippen LogP contribution in [0.2, 0.25) is 0 Å². The van der Waals surface area contributed by atoms with Gasteiger partial charge in [0.1, 0.15) is 5.67 Å². The molecule has 8 heteroatoms. The predicted molar refractivity (Wildman–Crippen MR) is 45.5 cm³/mol. The summed E-state index contributed by atoms with van der Waals surface area (Å²) >= 11 is -2.45. The number of halogens is 1. The Morgan fingerprint density at radius 2 is 1.79 bits per heavy atom. The molecule has 1 saturated heterocycles. The second-order valence-corrected chi connectivity index (χ2v) is 6.45. The maximum Gasteiger partial charge on any atom is 1.00 e. The molecular weight excluding hydrogens is 242 g/mol. The number of rotatable bonds is 2. The summed E-state index contributed by atoms with van der Waals surface area (Å²) in [4.78, 5) is 0. The van der Waals surface area contributed by atoms with Crippen molar-refractivity contribution in [2.24, 2.45) is 0 Å². The van der Waals surface area contributed by atoms with Crippen molar-refractivity contribution >= 4 is 20.9 Å². The maximum atomic E-state index is 13.5. The van der Waals surface area contributed by atoms with E-state index < -0.39 is 32.3 Å². The van der Waals surface area contributed by atoms with E-state index in [4.69, 9.17) is 0 Å². The van der Waals surface area contributed by atoms with Crippen LogP contribution >= 0.6 is 0 Å². The first-order valence-electron chi connectivity index (χ1n) is 3.78. The largest absolute Gasteiger partial charge is 1.00 e. The molecule has 0 aromatic rings. The molecule has 1 unspecified atom stereocenters. The van der Waals surface area contributed by atoms with Gasteiger partial charge in [0.25, 0.3) is 0 Å². The number of sulfone groups is 1. The van der Waals surface area contributed by atoms with Gasteiger partial charge in [0, 0.05) is 5.75 Å². The molecule has 0 spiro atoms. The van der Waals surface area contributed by atoms with E-state index in [9.17, 15) is 21.6 Å². The first-order chi connectivity index (χ1) is 5.83. The summed E-state index contributed by atoms with van der Waals surface area (Å²) in [6, 6.07) is 0. The molecule has 4 nitrogen and oxygen atoms in total. The van der Waals surface area contributed by atoms with Crippen LogP contribution < -0.4 is 29.6 Å². The zero-order chi connectivity index (χ0) is 10.1. The Morgan fingerprint density at radius 3 is 2.14 bits per heavy atom. The average Bonchev–Trinajstić information content (AvgIpc) is 1.95. The minimum absolute atomic E-state index is 0.